The maximum atomic E-state index is 11.5. The summed E-state index contributed by atoms with van der Waals surface area (Å²) in [5.41, 5.74) is 9.02. The van der Waals surface area contributed by atoms with E-state index in [9.17, 15) is 4.79 Å². The second-order valence-electron chi connectivity index (χ2n) is 7.48. The Bertz CT molecular complexity index is 736. The van der Waals surface area contributed by atoms with Gasteiger partial charge in [0.1, 0.15) is 0 Å². The molecule has 2 saturated heterocycles. The van der Waals surface area contributed by atoms with Crippen LogP contribution in [0.5, 0.6) is 0 Å². The number of carbonyl (C=O) groups excluding carboxylic acids is 1. The molecule has 2 fully saturated rings. The molecule has 4 rings (SSSR count). The summed E-state index contributed by atoms with van der Waals surface area (Å²) in [6, 6.07) is 11.2. The number of nitrogens with one attached hydrogen (secondary N) is 1. The van der Waals surface area contributed by atoms with Gasteiger partial charge < -0.3 is 10.6 Å². The number of amides is 1. The monoisotopic (exact) mass is 353 g/mol. The standard InChI is InChI=1S/C20H27N5O/c21-20(26)16-4-2-10-25(14-16)17-7-11-24(12-8-17)18-5-1-3-15(13-18)19-6-9-22-23-19/h1,3,5-6,9,13,16-17H,2,4,7-8,10-12,14H2,(H2,21,26)(H,22,23)/t16-/m0/s1. The predicted molar refractivity (Wildman–Crippen MR) is 103 cm³/mol. The maximum absolute atomic E-state index is 11.5. The van der Waals surface area contributed by atoms with Crippen LogP contribution in [-0.4, -0.2) is 53.2 Å². The van der Waals surface area contributed by atoms with E-state index in [1.807, 2.05) is 6.07 Å². The molecule has 6 heteroatoms. The van der Waals surface area contributed by atoms with Crippen molar-refractivity contribution in [1.29, 1.82) is 0 Å². The van der Waals surface area contributed by atoms with E-state index in [0.29, 0.717) is 6.04 Å². The summed E-state index contributed by atoms with van der Waals surface area (Å²) < 4.78 is 0. The van der Waals surface area contributed by atoms with E-state index in [4.69, 9.17) is 5.73 Å². The van der Waals surface area contributed by atoms with Gasteiger partial charge in [0.2, 0.25) is 5.91 Å². The zero-order chi connectivity index (χ0) is 17.9. The quantitative estimate of drug-likeness (QED) is 0.884. The Morgan fingerprint density at radius 2 is 2.00 bits per heavy atom. The number of hydrogen-bond acceptors (Lipinski definition) is 4. The summed E-state index contributed by atoms with van der Waals surface area (Å²) in [5, 5.41) is 7.08. The fourth-order valence-corrected chi connectivity index (χ4v) is 4.35. The first-order chi connectivity index (χ1) is 12.7. The van der Waals surface area contributed by atoms with Gasteiger partial charge in [-0.3, -0.25) is 14.8 Å². The van der Waals surface area contributed by atoms with Crippen LogP contribution in [0.25, 0.3) is 11.3 Å². The summed E-state index contributed by atoms with van der Waals surface area (Å²) in [6.07, 6.45) is 6.09. The van der Waals surface area contributed by atoms with Crippen LogP contribution in [0.4, 0.5) is 5.69 Å². The Kier molecular flexibility index (Phi) is 4.93. The molecule has 2 aliphatic heterocycles. The predicted octanol–water partition coefficient (Wildman–Crippen LogP) is 2.24. The number of likely N-dealkylation sites (tertiary alicyclic amines) is 1. The molecule has 0 unspecified atom stereocenters. The van der Waals surface area contributed by atoms with Gasteiger partial charge in [0, 0.05) is 43.1 Å². The van der Waals surface area contributed by atoms with Gasteiger partial charge in [-0.2, -0.15) is 5.10 Å². The minimum Gasteiger partial charge on any atom is -0.371 e. The lowest BCUT2D eigenvalue weighted by molar-refractivity contribution is -0.123. The van der Waals surface area contributed by atoms with Crippen molar-refractivity contribution in [3.63, 3.8) is 0 Å². The summed E-state index contributed by atoms with van der Waals surface area (Å²) in [4.78, 5) is 16.5. The average Bonchev–Trinajstić information content (AvgIpc) is 3.23. The summed E-state index contributed by atoms with van der Waals surface area (Å²) in [5.74, 6) is -0.101. The highest BCUT2D eigenvalue weighted by Gasteiger charge is 2.30. The van der Waals surface area contributed by atoms with Crippen LogP contribution >= 0.6 is 0 Å². The van der Waals surface area contributed by atoms with E-state index in [0.717, 1.165) is 57.6 Å². The number of aromatic amines is 1. The topological polar surface area (TPSA) is 78.2 Å². The first-order valence-corrected chi connectivity index (χ1v) is 9.59. The molecule has 1 aromatic carbocycles. The molecule has 138 valence electrons. The molecule has 0 saturated carbocycles. The number of primary amides is 1. The zero-order valence-corrected chi connectivity index (χ0v) is 15.1. The Morgan fingerprint density at radius 3 is 2.73 bits per heavy atom. The lowest BCUT2D eigenvalue weighted by Crippen LogP contribution is -2.50. The van der Waals surface area contributed by atoms with Crippen molar-refractivity contribution >= 4 is 11.6 Å². The van der Waals surface area contributed by atoms with Gasteiger partial charge >= 0.3 is 0 Å². The molecule has 2 aromatic rings. The van der Waals surface area contributed by atoms with Gasteiger partial charge in [0.15, 0.2) is 0 Å². The number of H-pyrrole nitrogens is 1. The van der Waals surface area contributed by atoms with Crippen LogP contribution in [0.1, 0.15) is 25.7 Å². The van der Waals surface area contributed by atoms with Crippen molar-refractivity contribution in [3.8, 4) is 11.3 Å². The van der Waals surface area contributed by atoms with Gasteiger partial charge in [-0.25, -0.2) is 0 Å². The molecule has 1 aromatic heterocycles. The van der Waals surface area contributed by atoms with Gasteiger partial charge in [-0.05, 0) is 50.4 Å². The molecule has 0 spiro atoms. The normalized spacial score (nSPS) is 22.5. The summed E-state index contributed by atoms with van der Waals surface area (Å²) >= 11 is 0. The smallest absolute Gasteiger partial charge is 0.221 e. The number of nitrogens with two attached hydrogens (primary N) is 1. The SMILES string of the molecule is NC(=O)[C@H]1CCCN(C2CCN(c3cccc(-c4ccn[nH]4)c3)CC2)C1. The average molecular weight is 353 g/mol. The first-order valence-electron chi connectivity index (χ1n) is 9.59. The van der Waals surface area contributed by atoms with Crippen LogP contribution in [0.15, 0.2) is 36.5 Å². The van der Waals surface area contributed by atoms with E-state index in [1.54, 1.807) is 6.20 Å². The van der Waals surface area contributed by atoms with Crippen molar-refractivity contribution in [2.75, 3.05) is 31.1 Å². The highest BCUT2D eigenvalue weighted by molar-refractivity contribution is 5.77. The van der Waals surface area contributed by atoms with E-state index in [1.165, 1.54) is 11.3 Å². The van der Waals surface area contributed by atoms with Crippen molar-refractivity contribution in [2.45, 2.75) is 31.7 Å². The summed E-state index contributed by atoms with van der Waals surface area (Å²) in [6.45, 7) is 4.04. The molecule has 0 radical (unpaired) electrons. The number of anilines is 1. The van der Waals surface area contributed by atoms with Gasteiger partial charge in [0.05, 0.1) is 11.6 Å². The molecule has 6 nitrogen and oxygen atoms in total. The van der Waals surface area contributed by atoms with Gasteiger partial charge in [0.25, 0.3) is 0 Å². The Hall–Kier alpha value is -2.34. The molecule has 0 bridgehead atoms. The van der Waals surface area contributed by atoms with Crippen molar-refractivity contribution in [3.05, 3.63) is 36.5 Å². The van der Waals surface area contributed by atoms with E-state index in [2.05, 4.69) is 44.3 Å². The van der Waals surface area contributed by atoms with Crippen LogP contribution in [0.2, 0.25) is 0 Å². The molecule has 0 aliphatic carbocycles. The molecule has 1 amide bonds. The van der Waals surface area contributed by atoms with Crippen LogP contribution in [0, 0.1) is 5.92 Å². The molecule has 3 heterocycles. The van der Waals surface area contributed by atoms with E-state index < -0.39 is 0 Å². The molecule has 2 aliphatic rings. The van der Waals surface area contributed by atoms with Crippen LogP contribution in [0.3, 0.4) is 0 Å². The molecule has 3 N–H and O–H groups in total. The second-order valence-corrected chi connectivity index (χ2v) is 7.48. The molecule has 1 atom stereocenters. The molecular weight excluding hydrogens is 326 g/mol. The minimum atomic E-state index is -0.136. The van der Waals surface area contributed by atoms with Gasteiger partial charge in [-0.1, -0.05) is 12.1 Å². The Morgan fingerprint density at radius 1 is 1.15 bits per heavy atom. The number of aromatic nitrogens is 2. The maximum Gasteiger partial charge on any atom is 0.221 e. The third-order valence-electron chi connectivity index (χ3n) is 5.86. The number of benzene rings is 1. The Labute approximate surface area is 154 Å². The molecular formula is C20H27N5O. The Balaban J connectivity index is 1.38. The van der Waals surface area contributed by atoms with E-state index >= 15 is 0 Å². The highest BCUT2D eigenvalue weighted by Crippen LogP contribution is 2.28. The third-order valence-corrected chi connectivity index (χ3v) is 5.86. The number of carbonyl (C=O) groups is 1. The van der Waals surface area contributed by atoms with Crippen molar-refractivity contribution < 1.29 is 4.79 Å². The van der Waals surface area contributed by atoms with Crippen LogP contribution < -0.4 is 10.6 Å². The van der Waals surface area contributed by atoms with Crippen molar-refractivity contribution in [2.24, 2.45) is 11.7 Å². The fourth-order valence-electron chi connectivity index (χ4n) is 4.35. The zero-order valence-electron chi connectivity index (χ0n) is 15.1. The fraction of sp³-hybridized carbons (Fsp3) is 0.500. The van der Waals surface area contributed by atoms with Crippen molar-refractivity contribution in [1.82, 2.24) is 15.1 Å². The lowest BCUT2D eigenvalue weighted by atomic mass is 9.93. The lowest BCUT2D eigenvalue weighted by Gasteiger charge is -2.42. The molecule has 26 heavy (non-hydrogen) atoms. The van der Waals surface area contributed by atoms with Crippen LogP contribution in [-0.2, 0) is 4.79 Å². The highest BCUT2D eigenvalue weighted by atomic mass is 16.1. The number of nitrogens with zero attached hydrogens (tertiary/aromatic N) is 3. The second kappa shape index (κ2) is 7.50. The largest absolute Gasteiger partial charge is 0.371 e. The number of hydrogen-bond donors (Lipinski definition) is 2. The number of piperidine rings is 2. The minimum absolute atomic E-state index is 0.0351. The summed E-state index contributed by atoms with van der Waals surface area (Å²) in [7, 11) is 0. The van der Waals surface area contributed by atoms with E-state index in [-0.39, 0.29) is 11.8 Å². The third kappa shape index (κ3) is 3.60. The first kappa shape index (κ1) is 17.1. The number of rotatable bonds is 4. The van der Waals surface area contributed by atoms with Gasteiger partial charge in [-0.15, -0.1) is 0 Å².